The third kappa shape index (κ3) is 8.42. The molecule has 1 fully saturated rings. The number of amides is 1. The van der Waals surface area contributed by atoms with E-state index < -0.39 is 11.7 Å². The predicted octanol–water partition coefficient (Wildman–Crippen LogP) is 1.99. The Bertz CT molecular complexity index is 389. The molecular weight excluding hydrogens is 268 g/mol. The van der Waals surface area contributed by atoms with Crippen LogP contribution in [0, 0.1) is 5.92 Å². The van der Waals surface area contributed by atoms with Gasteiger partial charge in [-0.25, -0.2) is 4.79 Å². The molecule has 1 unspecified atom stereocenters. The van der Waals surface area contributed by atoms with Crippen molar-refractivity contribution in [2.24, 2.45) is 16.6 Å². The highest BCUT2D eigenvalue weighted by molar-refractivity contribution is 5.78. The molecule has 21 heavy (non-hydrogen) atoms. The lowest BCUT2D eigenvalue weighted by Crippen LogP contribution is -2.46. The molecule has 1 atom stereocenters. The zero-order chi connectivity index (χ0) is 16.3. The van der Waals surface area contributed by atoms with Crippen molar-refractivity contribution in [1.82, 2.24) is 10.6 Å². The summed E-state index contributed by atoms with van der Waals surface area (Å²) < 4.78 is 5.29. The predicted molar refractivity (Wildman–Crippen MR) is 85.3 cm³/mol. The Morgan fingerprint density at radius 3 is 2.29 bits per heavy atom. The summed E-state index contributed by atoms with van der Waals surface area (Å²) in [6, 6.07) is -0.0137. The van der Waals surface area contributed by atoms with Gasteiger partial charge in [0.2, 0.25) is 0 Å². The molecule has 6 heteroatoms. The molecule has 0 saturated heterocycles. The maximum atomic E-state index is 11.8. The number of nitrogens with two attached hydrogens (primary N) is 1. The first-order valence-electron chi connectivity index (χ1n) is 7.54. The van der Waals surface area contributed by atoms with Gasteiger partial charge in [-0.2, -0.15) is 0 Å². The van der Waals surface area contributed by atoms with E-state index in [1.165, 1.54) is 0 Å². The molecule has 0 aliphatic heterocycles. The van der Waals surface area contributed by atoms with Crippen LogP contribution in [0.5, 0.6) is 0 Å². The summed E-state index contributed by atoms with van der Waals surface area (Å²) in [7, 11) is 0. The Kier molecular flexibility index (Phi) is 5.48. The second kappa shape index (κ2) is 6.54. The van der Waals surface area contributed by atoms with E-state index >= 15 is 0 Å². The molecule has 1 aliphatic rings. The first kappa shape index (κ1) is 17.6. The minimum absolute atomic E-state index is 0.0137. The summed E-state index contributed by atoms with van der Waals surface area (Å²) in [5.74, 6) is 0.878. The minimum Gasteiger partial charge on any atom is -0.444 e. The molecule has 4 N–H and O–H groups in total. The van der Waals surface area contributed by atoms with Crippen molar-refractivity contribution in [3.63, 3.8) is 0 Å². The number of aliphatic imine (C=N–C) groups is 1. The van der Waals surface area contributed by atoms with E-state index in [2.05, 4.69) is 15.6 Å². The van der Waals surface area contributed by atoms with E-state index in [4.69, 9.17) is 10.5 Å². The number of carbonyl (C=O) groups is 1. The van der Waals surface area contributed by atoms with Gasteiger partial charge >= 0.3 is 6.09 Å². The molecule has 0 aromatic rings. The Balaban J connectivity index is 2.51. The average molecular weight is 298 g/mol. The molecule has 1 rings (SSSR count). The summed E-state index contributed by atoms with van der Waals surface area (Å²) in [6.45, 7) is 12.1. The summed E-state index contributed by atoms with van der Waals surface area (Å²) in [5, 5.41) is 6.01. The van der Waals surface area contributed by atoms with Gasteiger partial charge in [-0.3, -0.25) is 4.99 Å². The van der Waals surface area contributed by atoms with Gasteiger partial charge in [0.15, 0.2) is 5.96 Å². The number of nitrogens with one attached hydrogen (secondary N) is 2. The van der Waals surface area contributed by atoms with Crippen molar-refractivity contribution in [2.75, 3.05) is 6.54 Å². The summed E-state index contributed by atoms with van der Waals surface area (Å²) in [6.07, 6.45) is 1.84. The van der Waals surface area contributed by atoms with Crippen molar-refractivity contribution in [1.29, 1.82) is 0 Å². The second-order valence-electron chi connectivity index (χ2n) is 7.69. The molecule has 6 nitrogen and oxygen atoms in total. The van der Waals surface area contributed by atoms with Crippen LogP contribution in [0.4, 0.5) is 4.79 Å². The lowest BCUT2D eigenvalue weighted by molar-refractivity contribution is 0.0500. The zero-order valence-electron chi connectivity index (χ0n) is 14.1. The third-order valence-corrected chi connectivity index (χ3v) is 2.85. The third-order valence-electron chi connectivity index (χ3n) is 2.85. The van der Waals surface area contributed by atoms with Gasteiger partial charge in [0.1, 0.15) is 5.60 Å². The van der Waals surface area contributed by atoms with Gasteiger partial charge < -0.3 is 21.1 Å². The van der Waals surface area contributed by atoms with Crippen molar-refractivity contribution < 1.29 is 9.53 Å². The number of rotatable bonds is 4. The average Bonchev–Trinajstić information content (AvgIpc) is 3.02. The van der Waals surface area contributed by atoms with E-state index in [1.807, 2.05) is 41.5 Å². The maximum Gasteiger partial charge on any atom is 0.407 e. The van der Waals surface area contributed by atoms with Gasteiger partial charge in [-0.15, -0.1) is 0 Å². The Morgan fingerprint density at radius 1 is 1.29 bits per heavy atom. The van der Waals surface area contributed by atoms with Crippen LogP contribution < -0.4 is 16.4 Å². The lowest BCUT2D eigenvalue weighted by atomic mass is 10.1. The van der Waals surface area contributed by atoms with Gasteiger partial charge in [-0.05, 0) is 60.3 Å². The van der Waals surface area contributed by atoms with Gasteiger partial charge in [0.25, 0.3) is 0 Å². The van der Waals surface area contributed by atoms with E-state index in [9.17, 15) is 4.79 Å². The molecule has 0 bridgehead atoms. The maximum absolute atomic E-state index is 11.8. The number of alkyl carbamates (subject to hydrolysis) is 1. The van der Waals surface area contributed by atoms with Crippen LogP contribution >= 0.6 is 0 Å². The molecule has 0 aromatic heterocycles. The van der Waals surface area contributed by atoms with Crippen molar-refractivity contribution >= 4 is 12.1 Å². The fraction of sp³-hybridized carbons (Fsp3) is 0.867. The molecule has 0 radical (unpaired) electrons. The number of ether oxygens (including phenoxy) is 1. The smallest absolute Gasteiger partial charge is 0.407 e. The molecule has 1 aliphatic carbocycles. The highest BCUT2D eigenvalue weighted by Gasteiger charge is 2.33. The summed E-state index contributed by atoms with van der Waals surface area (Å²) in [5.41, 5.74) is 5.24. The molecule has 0 aromatic carbocycles. The Morgan fingerprint density at radius 2 is 1.86 bits per heavy atom. The number of carbonyl (C=O) groups excluding carboxylic acids is 1. The van der Waals surface area contributed by atoms with Gasteiger partial charge in [0, 0.05) is 5.54 Å². The van der Waals surface area contributed by atoms with Crippen LogP contribution in [0.2, 0.25) is 0 Å². The quantitative estimate of drug-likeness (QED) is 0.547. The molecule has 0 heterocycles. The monoisotopic (exact) mass is 298 g/mol. The minimum atomic E-state index is -0.492. The molecule has 1 saturated carbocycles. The summed E-state index contributed by atoms with van der Waals surface area (Å²) in [4.78, 5) is 16.2. The first-order valence-corrected chi connectivity index (χ1v) is 7.54. The normalized spacial score (nSPS) is 18.1. The second-order valence-corrected chi connectivity index (χ2v) is 7.69. The van der Waals surface area contributed by atoms with E-state index in [0.29, 0.717) is 18.4 Å². The van der Waals surface area contributed by atoms with Gasteiger partial charge in [0.05, 0.1) is 12.6 Å². The van der Waals surface area contributed by atoms with Crippen LogP contribution in [-0.4, -0.2) is 35.8 Å². The van der Waals surface area contributed by atoms with Crippen LogP contribution in [-0.2, 0) is 4.74 Å². The Hall–Kier alpha value is -1.46. The molecule has 122 valence electrons. The molecular formula is C15H30N4O2. The van der Waals surface area contributed by atoms with Crippen LogP contribution in [0.15, 0.2) is 4.99 Å². The number of hydrogen-bond donors (Lipinski definition) is 3. The molecule has 1 amide bonds. The van der Waals surface area contributed by atoms with Crippen LogP contribution in [0.25, 0.3) is 0 Å². The number of nitrogens with zero attached hydrogens (tertiary/aromatic N) is 1. The van der Waals surface area contributed by atoms with Crippen molar-refractivity contribution in [3.8, 4) is 0 Å². The van der Waals surface area contributed by atoms with Crippen LogP contribution in [0.3, 0.4) is 0 Å². The zero-order valence-corrected chi connectivity index (χ0v) is 14.1. The topological polar surface area (TPSA) is 88.7 Å². The lowest BCUT2D eigenvalue weighted by Gasteiger charge is -2.24. The summed E-state index contributed by atoms with van der Waals surface area (Å²) >= 11 is 0. The fourth-order valence-electron chi connectivity index (χ4n) is 1.89. The number of guanidine groups is 1. The SMILES string of the molecule is CC(C)(C)NC(N)=NCC(NC(=O)OC(C)(C)C)C1CC1. The highest BCUT2D eigenvalue weighted by atomic mass is 16.6. The van der Waals surface area contributed by atoms with Crippen LogP contribution in [0.1, 0.15) is 54.4 Å². The standard InChI is InChI=1S/C15H30N4O2/c1-14(2,3)19-12(16)17-9-11(10-7-8-10)18-13(20)21-15(4,5)6/h10-11H,7-9H2,1-6H3,(H,18,20)(H3,16,17,19). The highest BCUT2D eigenvalue weighted by Crippen LogP contribution is 2.32. The van der Waals surface area contributed by atoms with E-state index in [-0.39, 0.29) is 11.6 Å². The molecule has 0 spiro atoms. The van der Waals surface area contributed by atoms with Crippen molar-refractivity contribution in [2.45, 2.75) is 71.6 Å². The first-order chi connectivity index (χ1) is 9.46. The Labute approximate surface area is 127 Å². The largest absolute Gasteiger partial charge is 0.444 e. The van der Waals surface area contributed by atoms with Gasteiger partial charge in [-0.1, -0.05) is 0 Å². The van der Waals surface area contributed by atoms with E-state index in [0.717, 1.165) is 12.8 Å². The number of hydrogen-bond acceptors (Lipinski definition) is 3. The van der Waals surface area contributed by atoms with E-state index in [1.54, 1.807) is 0 Å². The van der Waals surface area contributed by atoms with Crippen molar-refractivity contribution in [3.05, 3.63) is 0 Å². The fourth-order valence-corrected chi connectivity index (χ4v) is 1.89.